The lowest BCUT2D eigenvalue weighted by atomic mass is 9.84. The lowest BCUT2D eigenvalue weighted by Crippen LogP contribution is -2.43. The number of nitrogens with zero attached hydrogens (tertiary/aromatic N) is 3. The smallest absolute Gasteiger partial charge is 0.206 e. The summed E-state index contributed by atoms with van der Waals surface area (Å²) in [5, 5.41) is 11.7. The van der Waals surface area contributed by atoms with Crippen molar-refractivity contribution in [2.45, 2.75) is 18.4 Å². The molecule has 4 nitrogen and oxygen atoms in total. The van der Waals surface area contributed by atoms with E-state index in [0.717, 1.165) is 35.6 Å². The Hall–Kier alpha value is -2.04. The highest BCUT2D eigenvalue weighted by molar-refractivity contribution is 6.30. The first kappa shape index (κ1) is 15.5. The van der Waals surface area contributed by atoms with Crippen LogP contribution in [0.4, 0.5) is 5.95 Å². The average Bonchev–Trinajstić information content (AvgIpc) is 2.93. The van der Waals surface area contributed by atoms with Crippen LogP contribution in [0.15, 0.2) is 48.5 Å². The number of anilines is 1. The first-order valence-corrected chi connectivity index (χ1v) is 8.59. The predicted octanol–water partition coefficient (Wildman–Crippen LogP) is 3.71. The van der Waals surface area contributed by atoms with Crippen LogP contribution in [0.2, 0.25) is 5.02 Å². The van der Waals surface area contributed by atoms with E-state index in [1.54, 1.807) is 0 Å². The van der Waals surface area contributed by atoms with Gasteiger partial charge in [-0.15, -0.1) is 0 Å². The molecule has 0 radical (unpaired) electrons. The summed E-state index contributed by atoms with van der Waals surface area (Å²) in [7, 11) is 2.05. The lowest BCUT2D eigenvalue weighted by molar-refractivity contribution is 0.0115. The molecule has 0 unspecified atom stereocenters. The monoisotopic (exact) mass is 341 g/mol. The van der Waals surface area contributed by atoms with Crippen molar-refractivity contribution in [3.63, 3.8) is 0 Å². The van der Waals surface area contributed by atoms with Crippen LogP contribution in [-0.4, -0.2) is 27.7 Å². The standard InChI is InChI=1S/C19H20ClN3O/c1-22-17-5-3-2-4-16(17)21-18(22)23-12-10-19(24,11-13-23)14-6-8-15(20)9-7-14/h2-9,24H,10-13H2,1H3. The Bertz CT molecular complexity index is 864. The highest BCUT2D eigenvalue weighted by Crippen LogP contribution is 2.35. The fourth-order valence-electron chi connectivity index (χ4n) is 3.54. The summed E-state index contributed by atoms with van der Waals surface area (Å²) in [5.41, 5.74) is 2.29. The number of aliphatic hydroxyl groups is 1. The van der Waals surface area contributed by atoms with Gasteiger partial charge in [-0.2, -0.15) is 0 Å². The third kappa shape index (κ3) is 2.56. The summed E-state index contributed by atoms with van der Waals surface area (Å²) < 4.78 is 2.13. The third-order valence-electron chi connectivity index (χ3n) is 5.02. The molecule has 124 valence electrons. The number of hydrogen-bond donors (Lipinski definition) is 1. The van der Waals surface area contributed by atoms with Crippen LogP contribution in [0.5, 0.6) is 0 Å². The fourth-order valence-corrected chi connectivity index (χ4v) is 3.67. The van der Waals surface area contributed by atoms with Crippen molar-refractivity contribution < 1.29 is 5.11 Å². The molecule has 0 amide bonds. The minimum atomic E-state index is -0.786. The maximum Gasteiger partial charge on any atom is 0.206 e. The first-order chi connectivity index (χ1) is 11.6. The second-order valence-electron chi connectivity index (χ2n) is 6.49. The van der Waals surface area contributed by atoms with E-state index in [-0.39, 0.29) is 0 Å². The second-order valence-corrected chi connectivity index (χ2v) is 6.92. The second kappa shape index (κ2) is 5.80. The van der Waals surface area contributed by atoms with Gasteiger partial charge in [0.2, 0.25) is 5.95 Å². The number of fused-ring (bicyclic) bond motifs is 1. The fraction of sp³-hybridized carbons (Fsp3) is 0.316. The molecule has 1 saturated heterocycles. The van der Waals surface area contributed by atoms with Crippen LogP contribution in [0.25, 0.3) is 11.0 Å². The van der Waals surface area contributed by atoms with Gasteiger partial charge in [0.25, 0.3) is 0 Å². The molecule has 1 N–H and O–H groups in total. The summed E-state index contributed by atoms with van der Waals surface area (Å²) in [6, 6.07) is 15.7. The van der Waals surface area contributed by atoms with E-state index in [1.165, 1.54) is 0 Å². The minimum Gasteiger partial charge on any atom is -0.385 e. The van der Waals surface area contributed by atoms with Crippen LogP contribution in [0.1, 0.15) is 18.4 Å². The summed E-state index contributed by atoms with van der Waals surface area (Å²) in [6.07, 6.45) is 1.36. The van der Waals surface area contributed by atoms with Gasteiger partial charge in [0, 0.05) is 25.2 Å². The molecule has 0 spiro atoms. The molecule has 0 saturated carbocycles. The van der Waals surface area contributed by atoms with Gasteiger partial charge in [-0.25, -0.2) is 4.98 Å². The third-order valence-corrected chi connectivity index (χ3v) is 5.27. The Morgan fingerprint density at radius 3 is 2.38 bits per heavy atom. The topological polar surface area (TPSA) is 41.3 Å². The molecule has 1 fully saturated rings. The van der Waals surface area contributed by atoms with Crippen molar-refractivity contribution in [1.82, 2.24) is 9.55 Å². The van der Waals surface area contributed by atoms with Crippen molar-refractivity contribution in [3.05, 3.63) is 59.1 Å². The zero-order chi connectivity index (χ0) is 16.7. The molecule has 4 rings (SSSR count). The molecule has 2 aromatic carbocycles. The molecular formula is C19H20ClN3O. The van der Waals surface area contributed by atoms with Crippen LogP contribution in [-0.2, 0) is 12.6 Å². The summed E-state index contributed by atoms with van der Waals surface area (Å²) in [5.74, 6) is 0.967. The average molecular weight is 342 g/mol. The van der Waals surface area contributed by atoms with Crippen LogP contribution in [0.3, 0.4) is 0 Å². The van der Waals surface area contributed by atoms with E-state index in [9.17, 15) is 5.11 Å². The van der Waals surface area contributed by atoms with E-state index < -0.39 is 5.60 Å². The number of benzene rings is 2. The largest absolute Gasteiger partial charge is 0.385 e. The quantitative estimate of drug-likeness (QED) is 0.772. The maximum atomic E-state index is 11.0. The van der Waals surface area contributed by atoms with Crippen molar-refractivity contribution in [2.75, 3.05) is 18.0 Å². The van der Waals surface area contributed by atoms with E-state index in [0.29, 0.717) is 17.9 Å². The van der Waals surface area contributed by atoms with Crippen LogP contribution in [0, 0.1) is 0 Å². The predicted molar refractivity (Wildman–Crippen MR) is 97.5 cm³/mol. The molecule has 0 atom stereocenters. The van der Waals surface area contributed by atoms with Crippen molar-refractivity contribution in [2.24, 2.45) is 7.05 Å². The van der Waals surface area contributed by atoms with Crippen molar-refractivity contribution in [1.29, 1.82) is 0 Å². The van der Waals surface area contributed by atoms with Gasteiger partial charge in [-0.3, -0.25) is 0 Å². The summed E-state index contributed by atoms with van der Waals surface area (Å²) in [4.78, 5) is 7.01. The van der Waals surface area contributed by atoms with Gasteiger partial charge in [0.15, 0.2) is 0 Å². The number of aromatic nitrogens is 2. The number of imidazole rings is 1. The Morgan fingerprint density at radius 1 is 1.04 bits per heavy atom. The van der Waals surface area contributed by atoms with E-state index >= 15 is 0 Å². The molecule has 0 aliphatic carbocycles. The minimum absolute atomic E-state index is 0.678. The van der Waals surface area contributed by atoms with Gasteiger partial charge < -0.3 is 14.6 Å². The highest BCUT2D eigenvalue weighted by Gasteiger charge is 2.35. The molecule has 2 heterocycles. The van der Waals surface area contributed by atoms with Gasteiger partial charge >= 0.3 is 0 Å². The highest BCUT2D eigenvalue weighted by atomic mass is 35.5. The number of halogens is 1. The number of piperidine rings is 1. The number of rotatable bonds is 2. The van der Waals surface area contributed by atoms with Crippen LogP contribution >= 0.6 is 11.6 Å². The molecule has 5 heteroatoms. The molecule has 1 aliphatic heterocycles. The zero-order valence-corrected chi connectivity index (χ0v) is 14.4. The molecule has 3 aromatic rings. The summed E-state index contributed by atoms with van der Waals surface area (Å²) in [6.45, 7) is 1.55. The van der Waals surface area contributed by atoms with E-state index in [1.807, 2.05) is 49.5 Å². The van der Waals surface area contributed by atoms with Crippen molar-refractivity contribution in [3.8, 4) is 0 Å². The molecular weight excluding hydrogens is 322 g/mol. The number of aryl methyl sites for hydroxylation is 1. The lowest BCUT2D eigenvalue weighted by Gasteiger charge is -2.39. The Morgan fingerprint density at radius 2 is 1.71 bits per heavy atom. The Kier molecular flexibility index (Phi) is 3.74. The molecule has 24 heavy (non-hydrogen) atoms. The summed E-state index contributed by atoms with van der Waals surface area (Å²) >= 11 is 5.95. The molecule has 0 bridgehead atoms. The van der Waals surface area contributed by atoms with Gasteiger partial charge in [0.05, 0.1) is 16.6 Å². The van der Waals surface area contributed by atoms with E-state index in [2.05, 4.69) is 15.5 Å². The SMILES string of the molecule is Cn1c(N2CCC(O)(c3ccc(Cl)cc3)CC2)nc2ccccc21. The molecule has 1 aliphatic rings. The van der Waals surface area contributed by atoms with Crippen molar-refractivity contribution >= 4 is 28.6 Å². The number of hydrogen-bond acceptors (Lipinski definition) is 3. The van der Waals surface area contributed by atoms with E-state index in [4.69, 9.17) is 16.6 Å². The van der Waals surface area contributed by atoms with Crippen LogP contribution < -0.4 is 4.90 Å². The van der Waals surface area contributed by atoms with Gasteiger partial charge in [-0.1, -0.05) is 35.9 Å². The maximum absolute atomic E-state index is 11.0. The van der Waals surface area contributed by atoms with Gasteiger partial charge in [-0.05, 0) is 42.7 Å². The first-order valence-electron chi connectivity index (χ1n) is 8.22. The Balaban J connectivity index is 1.57. The normalized spacial score (nSPS) is 17.4. The zero-order valence-electron chi connectivity index (χ0n) is 13.6. The number of para-hydroxylation sites is 2. The van der Waals surface area contributed by atoms with Gasteiger partial charge in [0.1, 0.15) is 0 Å². The Labute approximate surface area is 146 Å². The molecule has 1 aromatic heterocycles.